The molecule has 2 heterocycles. The van der Waals surface area contributed by atoms with Crippen LogP contribution >= 0.6 is 11.6 Å². The molecule has 0 aliphatic carbocycles. The van der Waals surface area contributed by atoms with Crippen molar-refractivity contribution in [3.63, 3.8) is 0 Å². The number of alkyl halides is 2. The van der Waals surface area contributed by atoms with Crippen LogP contribution in [0.5, 0.6) is 0 Å². The number of esters is 1. The van der Waals surface area contributed by atoms with Crippen molar-refractivity contribution in [1.29, 1.82) is 0 Å². The molecule has 2 aromatic rings. The summed E-state index contributed by atoms with van der Waals surface area (Å²) in [6.45, 7) is -0.573. The molecule has 2 rings (SSSR count). The predicted octanol–water partition coefficient (Wildman–Crippen LogP) is 1.99. The molecular formula is C12H12ClF2N3O3. The molecular weight excluding hydrogens is 308 g/mol. The Balaban J connectivity index is 2.20. The number of pyridine rings is 1. The van der Waals surface area contributed by atoms with E-state index in [0.29, 0.717) is 11.5 Å². The lowest BCUT2D eigenvalue weighted by molar-refractivity contribution is 0.0182. The monoisotopic (exact) mass is 319 g/mol. The van der Waals surface area contributed by atoms with Gasteiger partial charge >= 0.3 is 5.97 Å². The highest BCUT2D eigenvalue weighted by Gasteiger charge is 2.14. The normalized spacial score (nSPS) is 11.3. The van der Waals surface area contributed by atoms with Crippen molar-refractivity contribution < 1.29 is 23.0 Å². The van der Waals surface area contributed by atoms with Gasteiger partial charge in [0.15, 0.2) is 5.65 Å². The summed E-state index contributed by atoms with van der Waals surface area (Å²) >= 11 is 6.02. The minimum atomic E-state index is -2.51. The largest absolute Gasteiger partial charge is 0.465 e. The Morgan fingerprint density at radius 3 is 2.90 bits per heavy atom. The number of carbonyl (C=O) groups is 1. The number of ether oxygens (including phenoxy) is 2. The van der Waals surface area contributed by atoms with E-state index in [9.17, 15) is 13.6 Å². The molecule has 2 aromatic heterocycles. The van der Waals surface area contributed by atoms with E-state index in [0.717, 1.165) is 0 Å². The average Bonchev–Trinajstić information content (AvgIpc) is 2.86. The van der Waals surface area contributed by atoms with E-state index in [1.165, 1.54) is 23.8 Å². The zero-order valence-electron chi connectivity index (χ0n) is 11.1. The second kappa shape index (κ2) is 6.77. The molecule has 21 heavy (non-hydrogen) atoms. The van der Waals surface area contributed by atoms with Crippen LogP contribution in [0.25, 0.3) is 5.65 Å². The Bertz CT molecular complexity index is 648. The quantitative estimate of drug-likeness (QED) is 0.602. The summed E-state index contributed by atoms with van der Waals surface area (Å²) in [5.74, 6) is -0.0979. The Morgan fingerprint density at radius 2 is 2.24 bits per heavy atom. The summed E-state index contributed by atoms with van der Waals surface area (Å²) in [4.78, 5) is 11.5. The summed E-state index contributed by atoms with van der Waals surface area (Å²) in [6.07, 6.45) is -0.773. The Morgan fingerprint density at radius 1 is 1.48 bits per heavy atom. The highest BCUT2D eigenvalue weighted by molar-refractivity contribution is 6.33. The van der Waals surface area contributed by atoms with Gasteiger partial charge in [-0.25, -0.2) is 13.6 Å². The molecule has 0 saturated carbocycles. The molecule has 0 amide bonds. The molecule has 0 unspecified atom stereocenters. The predicted molar refractivity (Wildman–Crippen MR) is 69.9 cm³/mol. The van der Waals surface area contributed by atoms with Gasteiger partial charge < -0.3 is 9.47 Å². The number of nitrogens with zero attached hydrogens (tertiary/aromatic N) is 3. The van der Waals surface area contributed by atoms with Crippen LogP contribution in [0.1, 0.15) is 16.2 Å². The summed E-state index contributed by atoms with van der Waals surface area (Å²) in [5.41, 5.74) is 0.609. The van der Waals surface area contributed by atoms with Gasteiger partial charge in [-0.1, -0.05) is 11.6 Å². The summed E-state index contributed by atoms with van der Waals surface area (Å²) in [7, 11) is 1.26. The van der Waals surface area contributed by atoms with Crippen LogP contribution in [0.4, 0.5) is 8.78 Å². The van der Waals surface area contributed by atoms with Gasteiger partial charge in [0.25, 0.3) is 6.43 Å². The summed E-state index contributed by atoms with van der Waals surface area (Å²) < 4.78 is 34.8. The fourth-order valence-corrected chi connectivity index (χ4v) is 1.98. The number of halogens is 3. The van der Waals surface area contributed by atoms with Crippen molar-refractivity contribution in [2.45, 2.75) is 12.8 Å². The van der Waals surface area contributed by atoms with Crippen molar-refractivity contribution in [1.82, 2.24) is 14.6 Å². The highest BCUT2D eigenvalue weighted by atomic mass is 35.5. The van der Waals surface area contributed by atoms with Crippen LogP contribution in [0, 0.1) is 0 Å². The third kappa shape index (κ3) is 3.64. The SMILES string of the molecule is COC(=O)c1cc(Cl)c2nnc(CCOCC(F)F)n2c1. The molecule has 9 heteroatoms. The van der Waals surface area contributed by atoms with E-state index in [1.807, 2.05) is 0 Å². The van der Waals surface area contributed by atoms with Crippen molar-refractivity contribution in [2.75, 3.05) is 20.3 Å². The number of rotatable bonds is 6. The third-order valence-corrected chi connectivity index (χ3v) is 2.94. The first-order chi connectivity index (χ1) is 10.0. The number of hydrogen-bond donors (Lipinski definition) is 0. The second-order valence-corrected chi connectivity index (χ2v) is 4.50. The maximum atomic E-state index is 12.0. The number of hydrogen-bond acceptors (Lipinski definition) is 5. The van der Waals surface area contributed by atoms with Crippen LogP contribution in [0.3, 0.4) is 0 Å². The van der Waals surface area contributed by atoms with Gasteiger partial charge in [-0.15, -0.1) is 10.2 Å². The topological polar surface area (TPSA) is 65.7 Å². The molecule has 0 N–H and O–H groups in total. The number of fused-ring (bicyclic) bond motifs is 1. The molecule has 0 spiro atoms. The van der Waals surface area contributed by atoms with E-state index in [1.54, 1.807) is 0 Å². The zero-order chi connectivity index (χ0) is 15.4. The third-order valence-electron chi connectivity index (χ3n) is 2.67. The molecule has 6 nitrogen and oxygen atoms in total. The summed E-state index contributed by atoms with van der Waals surface area (Å²) in [6, 6.07) is 1.43. The van der Waals surface area contributed by atoms with Crippen LogP contribution in [-0.2, 0) is 15.9 Å². The Labute approximate surface area is 123 Å². The van der Waals surface area contributed by atoms with E-state index in [2.05, 4.69) is 14.9 Å². The fraction of sp³-hybridized carbons (Fsp3) is 0.417. The van der Waals surface area contributed by atoms with Crippen LogP contribution in [-0.4, -0.2) is 47.3 Å². The maximum Gasteiger partial charge on any atom is 0.339 e. The molecule has 0 aromatic carbocycles. The van der Waals surface area contributed by atoms with Gasteiger partial charge in [-0.3, -0.25) is 4.40 Å². The summed E-state index contributed by atoms with van der Waals surface area (Å²) in [5, 5.41) is 8.03. The first-order valence-electron chi connectivity index (χ1n) is 6.00. The Hall–Kier alpha value is -1.80. The first-order valence-corrected chi connectivity index (χ1v) is 6.38. The minimum absolute atomic E-state index is 0.0607. The van der Waals surface area contributed by atoms with Crippen molar-refractivity contribution in [3.05, 3.63) is 28.7 Å². The van der Waals surface area contributed by atoms with Crippen molar-refractivity contribution >= 4 is 23.2 Å². The van der Waals surface area contributed by atoms with Gasteiger partial charge in [0.2, 0.25) is 0 Å². The number of methoxy groups -OCH3 is 1. The molecule has 114 valence electrons. The van der Waals surface area contributed by atoms with Crippen LogP contribution in [0.15, 0.2) is 12.3 Å². The van der Waals surface area contributed by atoms with Gasteiger partial charge in [0.1, 0.15) is 12.4 Å². The van der Waals surface area contributed by atoms with E-state index in [-0.39, 0.29) is 23.6 Å². The van der Waals surface area contributed by atoms with Crippen LogP contribution in [0.2, 0.25) is 5.02 Å². The van der Waals surface area contributed by atoms with Crippen molar-refractivity contribution in [3.8, 4) is 0 Å². The van der Waals surface area contributed by atoms with Gasteiger partial charge in [0.05, 0.1) is 24.3 Å². The molecule has 0 fully saturated rings. The molecule has 0 aliphatic heterocycles. The van der Waals surface area contributed by atoms with Crippen molar-refractivity contribution in [2.24, 2.45) is 0 Å². The fourth-order valence-electron chi connectivity index (χ4n) is 1.74. The lowest BCUT2D eigenvalue weighted by Gasteiger charge is -2.05. The molecule has 0 aliphatic rings. The van der Waals surface area contributed by atoms with Gasteiger partial charge in [-0.2, -0.15) is 0 Å². The number of carbonyl (C=O) groups excluding carboxylic acids is 1. The van der Waals surface area contributed by atoms with Gasteiger partial charge in [-0.05, 0) is 6.07 Å². The molecule has 0 atom stereocenters. The number of aromatic nitrogens is 3. The minimum Gasteiger partial charge on any atom is -0.465 e. The zero-order valence-corrected chi connectivity index (χ0v) is 11.8. The lowest BCUT2D eigenvalue weighted by Crippen LogP contribution is -2.09. The maximum absolute atomic E-state index is 12.0. The highest BCUT2D eigenvalue weighted by Crippen LogP contribution is 2.19. The van der Waals surface area contributed by atoms with E-state index < -0.39 is 19.0 Å². The van der Waals surface area contributed by atoms with Gasteiger partial charge in [0, 0.05) is 12.6 Å². The van der Waals surface area contributed by atoms with E-state index >= 15 is 0 Å². The Kier molecular flexibility index (Phi) is 5.03. The van der Waals surface area contributed by atoms with Crippen LogP contribution < -0.4 is 0 Å². The first kappa shape index (κ1) is 15.6. The standard InChI is InChI=1S/C12H12ClF2N3O3/c1-20-12(19)7-4-8(13)11-17-16-10(18(11)5-7)2-3-21-6-9(14)15/h4-5,9H,2-3,6H2,1H3. The lowest BCUT2D eigenvalue weighted by atomic mass is 10.3. The average molecular weight is 320 g/mol. The molecule has 0 bridgehead atoms. The molecule has 0 radical (unpaired) electrons. The smallest absolute Gasteiger partial charge is 0.339 e. The molecule has 0 saturated heterocycles. The second-order valence-electron chi connectivity index (χ2n) is 4.09. The van der Waals surface area contributed by atoms with E-state index in [4.69, 9.17) is 16.3 Å².